The molecule has 140 valence electrons. The van der Waals surface area contributed by atoms with Crippen LogP contribution in [0.4, 0.5) is 10.5 Å². The zero-order valence-corrected chi connectivity index (χ0v) is 16.7. The lowest BCUT2D eigenvalue weighted by molar-refractivity contribution is -0.113. The third kappa shape index (κ3) is 3.51. The molecule has 0 radical (unpaired) electrons. The number of hydrogen-bond acceptors (Lipinski definition) is 2. The number of urea groups is 1. The molecule has 3 N–H and O–H groups in total. The molecule has 0 spiro atoms. The Morgan fingerprint density at radius 3 is 2.50 bits per heavy atom. The number of rotatable bonds is 3. The van der Waals surface area contributed by atoms with Gasteiger partial charge in [-0.2, -0.15) is 0 Å². The van der Waals surface area contributed by atoms with Crippen molar-refractivity contribution in [2.24, 2.45) is 0 Å². The Bertz CT molecular complexity index is 1100. The average molecular weight is 436 g/mol. The van der Waals surface area contributed by atoms with E-state index in [4.69, 9.17) is 0 Å². The molecule has 3 amide bonds. The fourth-order valence-electron chi connectivity index (χ4n) is 3.46. The van der Waals surface area contributed by atoms with E-state index in [1.165, 1.54) is 0 Å². The van der Waals surface area contributed by atoms with Crippen molar-refractivity contribution >= 4 is 44.3 Å². The Kier molecular flexibility index (Phi) is 4.88. The molecule has 28 heavy (non-hydrogen) atoms. The molecule has 0 aromatic heterocycles. The van der Waals surface area contributed by atoms with E-state index < -0.39 is 6.04 Å². The van der Waals surface area contributed by atoms with Gasteiger partial charge in [0, 0.05) is 15.9 Å². The van der Waals surface area contributed by atoms with Gasteiger partial charge < -0.3 is 16.0 Å². The van der Waals surface area contributed by atoms with Gasteiger partial charge >= 0.3 is 6.03 Å². The molecule has 0 bridgehead atoms. The van der Waals surface area contributed by atoms with E-state index in [0.29, 0.717) is 17.0 Å². The highest BCUT2D eigenvalue weighted by Crippen LogP contribution is 2.32. The second-order valence-electron chi connectivity index (χ2n) is 6.60. The molecule has 6 heteroatoms. The fraction of sp³-hybridized carbons (Fsp3) is 0.0909. The number of hydrogen-bond donors (Lipinski definition) is 3. The monoisotopic (exact) mass is 435 g/mol. The van der Waals surface area contributed by atoms with Gasteiger partial charge in [-0.3, -0.25) is 4.79 Å². The number of allylic oxidation sites excluding steroid dienone is 1. The summed E-state index contributed by atoms with van der Waals surface area (Å²) in [6, 6.07) is 20.3. The second kappa shape index (κ2) is 7.48. The molecule has 3 aromatic rings. The zero-order chi connectivity index (χ0) is 19.7. The highest BCUT2D eigenvalue weighted by atomic mass is 79.9. The molecule has 5 nitrogen and oxygen atoms in total. The number of anilines is 1. The lowest BCUT2D eigenvalue weighted by Gasteiger charge is -2.29. The SMILES string of the molecule is CC1=C(C(=O)Nc2ccc(Br)cc2)[C@@H](c2cccc3ccccc23)NC(=O)N1. The van der Waals surface area contributed by atoms with Crippen molar-refractivity contribution in [2.75, 3.05) is 5.32 Å². The van der Waals surface area contributed by atoms with Gasteiger partial charge in [0.1, 0.15) is 0 Å². The van der Waals surface area contributed by atoms with Crippen LogP contribution < -0.4 is 16.0 Å². The van der Waals surface area contributed by atoms with Crippen molar-refractivity contribution in [1.82, 2.24) is 10.6 Å². The topological polar surface area (TPSA) is 70.2 Å². The van der Waals surface area contributed by atoms with E-state index in [1.807, 2.05) is 66.7 Å². The lowest BCUT2D eigenvalue weighted by atomic mass is 9.91. The van der Waals surface area contributed by atoms with Crippen molar-refractivity contribution in [3.05, 3.63) is 88.0 Å². The molecule has 0 unspecified atom stereocenters. The van der Waals surface area contributed by atoms with Crippen LogP contribution in [-0.4, -0.2) is 11.9 Å². The molecular weight excluding hydrogens is 418 g/mol. The van der Waals surface area contributed by atoms with Gasteiger partial charge in [-0.15, -0.1) is 0 Å². The largest absolute Gasteiger partial charge is 0.327 e. The van der Waals surface area contributed by atoms with Crippen LogP contribution in [0.5, 0.6) is 0 Å². The fourth-order valence-corrected chi connectivity index (χ4v) is 3.73. The summed E-state index contributed by atoms with van der Waals surface area (Å²) >= 11 is 3.39. The first-order valence-corrected chi connectivity index (χ1v) is 9.65. The molecule has 1 aliphatic rings. The molecule has 1 atom stereocenters. The molecule has 1 aliphatic heterocycles. The minimum atomic E-state index is -0.546. The van der Waals surface area contributed by atoms with E-state index in [0.717, 1.165) is 20.8 Å². The maximum atomic E-state index is 13.1. The van der Waals surface area contributed by atoms with Crippen LogP contribution in [0.3, 0.4) is 0 Å². The number of carbonyl (C=O) groups excluding carboxylic acids is 2. The number of amides is 3. The van der Waals surface area contributed by atoms with E-state index in [-0.39, 0.29) is 11.9 Å². The molecule has 0 aliphatic carbocycles. The summed E-state index contributed by atoms with van der Waals surface area (Å²) in [6.07, 6.45) is 0. The van der Waals surface area contributed by atoms with Crippen molar-refractivity contribution in [2.45, 2.75) is 13.0 Å². The maximum absolute atomic E-state index is 13.1. The molecule has 4 rings (SSSR count). The van der Waals surface area contributed by atoms with Crippen LogP contribution in [0, 0.1) is 0 Å². The van der Waals surface area contributed by atoms with E-state index in [9.17, 15) is 9.59 Å². The summed E-state index contributed by atoms with van der Waals surface area (Å²) in [7, 11) is 0. The number of fused-ring (bicyclic) bond motifs is 1. The van der Waals surface area contributed by atoms with Gasteiger partial charge in [-0.05, 0) is 47.5 Å². The minimum absolute atomic E-state index is 0.259. The highest BCUT2D eigenvalue weighted by molar-refractivity contribution is 9.10. The second-order valence-corrected chi connectivity index (χ2v) is 7.52. The Balaban J connectivity index is 1.76. The first kappa shape index (κ1) is 18.3. The van der Waals surface area contributed by atoms with Crippen molar-refractivity contribution in [3.63, 3.8) is 0 Å². The van der Waals surface area contributed by atoms with E-state index in [2.05, 4.69) is 31.9 Å². The lowest BCUT2D eigenvalue weighted by Crippen LogP contribution is -2.46. The summed E-state index contributed by atoms with van der Waals surface area (Å²) in [5.41, 5.74) is 2.59. The smallest absolute Gasteiger partial charge is 0.319 e. The van der Waals surface area contributed by atoms with Gasteiger partial charge in [-0.25, -0.2) is 4.79 Å². The Labute approximate surface area is 171 Å². The summed E-state index contributed by atoms with van der Waals surface area (Å²) in [5, 5.41) is 10.6. The molecule has 1 heterocycles. The first-order valence-electron chi connectivity index (χ1n) is 8.86. The van der Waals surface area contributed by atoms with Gasteiger partial charge in [0.25, 0.3) is 5.91 Å². The van der Waals surface area contributed by atoms with Gasteiger partial charge in [0.15, 0.2) is 0 Å². The maximum Gasteiger partial charge on any atom is 0.319 e. The Hall–Kier alpha value is -3.12. The molecule has 3 aromatic carbocycles. The Morgan fingerprint density at radius 1 is 1.00 bits per heavy atom. The molecule has 0 fully saturated rings. The predicted molar refractivity (Wildman–Crippen MR) is 114 cm³/mol. The molecular formula is C22H18BrN3O2. The van der Waals surface area contributed by atoms with Crippen molar-refractivity contribution < 1.29 is 9.59 Å². The zero-order valence-electron chi connectivity index (χ0n) is 15.1. The van der Waals surface area contributed by atoms with Gasteiger partial charge in [0.2, 0.25) is 0 Å². The highest BCUT2D eigenvalue weighted by Gasteiger charge is 2.32. The third-order valence-electron chi connectivity index (χ3n) is 4.75. The van der Waals surface area contributed by atoms with Gasteiger partial charge in [0.05, 0.1) is 11.6 Å². The molecule has 0 saturated carbocycles. The van der Waals surface area contributed by atoms with Crippen LogP contribution >= 0.6 is 15.9 Å². The predicted octanol–water partition coefficient (Wildman–Crippen LogP) is 4.87. The van der Waals surface area contributed by atoms with Gasteiger partial charge in [-0.1, -0.05) is 58.4 Å². The number of halogens is 1. The van der Waals surface area contributed by atoms with Crippen molar-refractivity contribution in [3.8, 4) is 0 Å². The third-order valence-corrected chi connectivity index (χ3v) is 5.28. The van der Waals surface area contributed by atoms with Crippen LogP contribution in [0.25, 0.3) is 10.8 Å². The normalized spacial score (nSPS) is 16.5. The average Bonchev–Trinajstić information content (AvgIpc) is 2.68. The summed E-state index contributed by atoms with van der Waals surface area (Å²) in [5.74, 6) is -0.259. The summed E-state index contributed by atoms with van der Waals surface area (Å²) in [4.78, 5) is 25.3. The number of carbonyl (C=O) groups is 2. The van der Waals surface area contributed by atoms with E-state index >= 15 is 0 Å². The standard InChI is InChI=1S/C22H18BrN3O2/c1-13-19(21(27)25-16-11-9-15(23)10-12-16)20(26-22(28)24-13)18-8-4-6-14-5-2-3-7-17(14)18/h2-12,20H,1H3,(H,25,27)(H2,24,26,28)/t20-/m1/s1. The summed E-state index contributed by atoms with van der Waals surface area (Å²) in [6.45, 7) is 1.74. The van der Waals surface area contributed by atoms with Crippen LogP contribution in [0.15, 0.2) is 82.5 Å². The summed E-state index contributed by atoms with van der Waals surface area (Å²) < 4.78 is 0.932. The van der Waals surface area contributed by atoms with Crippen LogP contribution in [0.1, 0.15) is 18.5 Å². The van der Waals surface area contributed by atoms with Crippen LogP contribution in [-0.2, 0) is 4.79 Å². The van der Waals surface area contributed by atoms with E-state index in [1.54, 1.807) is 6.92 Å². The molecule has 0 saturated heterocycles. The minimum Gasteiger partial charge on any atom is -0.327 e. The quantitative estimate of drug-likeness (QED) is 0.549. The van der Waals surface area contributed by atoms with Crippen LogP contribution in [0.2, 0.25) is 0 Å². The first-order chi connectivity index (χ1) is 13.5. The number of benzene rings is 3. The Morgan fingerprint density at radius 2 is 1.71 bits per heavy atom. The number of nitrogens with one attached hydrogen (secondary N) is 3. The van der Waals surface area contributed by atoms with Crippen molar-refractivity contribution in [1.29, 1.82) is 0 Å².